The highest BCUT2D eigenvalue weighted by atomic mass is 16.4. The maximum Gasteiger partial charge on any atom is 0.323 e. The van der Waals surface area contributed by atoms with Crippen LogP contribution < -0.4 is 5.32 Å². The van der Waals surface area contributed by atoms with Crippen molar-refractivity contribution >= 4 is 5.97 Å². The Morgan fingerprint density at radius 1 is 1.39 bits per heavy atom. The van der Waals surface area contributed by atoms with Crippen LogP contribution in [0.5, 0.6) is 0 Å². The number of nitrogens with zero attached hydrogens (tertiary/aromatic N) is 1. The van der Waals surface area contributed by atoms with Gasteiger partial charge in [0.15, 0.2) is 0 Å². The lowest BCUT2D eigenvalue weighted by molar-refractivity contribution is -0.144. The molecule has 4 heteroatoms. The van der Waals surface area contributed by atoms with Crippen LogP contribution in [-0.2, 0) is 4.79 Å². The van der Waals surface area contributed by atoms with Gasteiger partial charge < -0.3 is 10.4 Å². The summed E-state index contributed by atoms with van der Waals surface area (Å²) in [5, 5.41) is 12.4. The zero-order valence-electron chi connectivity index (χ0n) is 12.2. The van der Waals surface area contributed by atoms with Gasteiger partial charge in [-0.05, 0) is 46.6 Å². The zero-order valence-corrected chi connectivity index (χ0v) is 12.2. The van der Waals surface area contributed by atoms with E-state index in [9.17, 15) is 9.90 Å². The van der Waals surface area contributed by atoms with Gasteiger partial charge in [0.25, 0.3) is 0 Å². The highest BCUT2D eigenvalue weighted by Crippen LogP contribution is 2.24. The zero-order chi connectivity index (χ0) is 13.8. The van der Waals surface area contributed by atoms with Crippen molar-refractivity contribution in [2.75, 3.05) is 13.1 Å². The van der Waals surface area contributed by atoms with Gasteiger partial charge in [0.1, 0.15) is 5.54 Å². The number of aliphatic carboxylic acids is 1. The number of piperidine rings is 1. The highest BCUT2D eigenvalue weighted by Gasteiger charge is 2.34. The van der Waals surface area contributed by atoms with Crippen molar-refractivity contribution in [2.45, 2.75) is 71.0 Å². The lowest BCUT2D eigenvalue weighted by atomic mass is 9.93. The second kappa shape index (κ2) is 6.53. The third-order valence-corrected chi connectivity index (χ3v) is 4.29. The quantitative estimate of drug-likeness (QED) is 0.764. The van der Waals surface area contributed by atoms with Crippen LogP contribution in [0.3, 0.4) is 0 Å². The second-order valence-electron chi connectivity index (χ2n) is 5.78. The van der Waals surface area contributed by atoms with Crippen LogP contribution in [0.4, 0.5) is 0 Å². The summed E-state index contributed by atoms with van der Waals surface area (Å²) < 4.78 is 0. The highest BCUT2D eigenvalue weighted by molar-refractivity contribution is 5.78. The number of likely N-dealkylation sites (tertiary alicyclic amines) is 1. The molecular formula is C14H28N2O2. The molecule has 1 saturated heterocycles. The topological polar surface area (TPSA) is 52.6 Å². The molecule has 0 bridgehead atoms. The van der Waals surface area contributed by atoms with Crippen LogP contribution >= 0.6 is 0 Å². The van der Waals surface area contributed by atoms with Gasteiger partial charge in [0.2, 0.25) is 0 Å². The molecule has 1 aliphatic rings. The monoisotopic (exact) mass is 256 g/mol. The van der Waals surface area contributed by atoms with E-state index in [0.717, 1.165) is 6.54 Å². The van der Waals surface area contributed by atoms with Gasteiger partial charge in [0.05, 0.1) is 0 Å². The fourth-order valence-electron chi connectivity index (χ4n) is 2.93. The van der Waals surface area contributed by atoms with Gasteiger partial charge in [-0.2, -0.15) is 0 Å². The predicted molar refractivity (Wildman–Crippen MR) is 73.8 cm³/mol. The summed E-state index contributed by atoms with van der Waals surface area (Å²) in [6.45, 7) is 9.79. The molecule has 0 saturated carbocycles. The molecule has 18 heavy (non-hydrogen) atoms. The minimum atomic E-state index is -0.800. The molecular weight excluding hydrogens is 228 g/mol. The van der Waals surface area contributed by atoms with E-state index in [1.165, 1.54) is 19.3 Å². The summed E-state index contributed by atoms with van der Waals surface area (Å²) in [7, 11) is 0. The fourth-order valence-corrected chi connectivity index (χ4v) is 2.93. The Labute approximate surface area is 111 Å². The Balaban J connectivity index is 2.58. The average Bonchev–Trinajstić information content (AvgIpc) is 2.28. The molecule has 1 unspecified atom stereocenters. The van der Waals surface area contributed by atoms with Crippen molar-refractivity contribution in [3.8, 4) is 0 Å². The second-order valence-corrected chi connectivity index (χ2v) is 5.78. The smallest absolute Gasteiger partial charge is 0.323 e. The molecule has 106 valence electrons. The molecule has 3 atom stereocenters. The maximum absolute atomic E-state index is 11.4. The number of rotatable bonds is 6. The fraction of sp³-hybridized carbons (Fsp3) is 0.929. The number of carboxylic acids is 1. The first kappa shape index (κ1) is 15.4. The molecule has 0 aromatic rings. The molecule has 1 aliphatic heterocycles. The molecule has 0 radical (unpaired) electrons. The van der Waals surface area contributed by atoms with Crippen LogP contribution in [0.1, 0.15) is 53.4 Å². The van der Waals surface area contributed by atoms with Crippen LogP contribution in [0.2, 0.25) is 0 Å². The van der Waals surface area contributed by atoms with E-state index in [2.05, 4.69) is 24.1 Å². The van der Waals surface area contributed by atoms with Gasteiger partial charge in [0, 0.05) is 18.6 Å². The van der Waals surface area contributed by atoms with E-state index in [-0.39, 0.29) is 0 Å². The summed E-state index contributed by atoms with van der Waals surface area (Å²) in [6.07, 6.45) is 4.41. The Morgan fingerprint density at radius 2 is 1.94 bits per heavy atom. The van der Waals surface area contributed by atoms with E-state index in [0.29, 0.717) is 25.0 Å². The van der Waals surface area contributed by atoms with E-state index in [1.807, 2.05) is 6.92 Å². The molecule has 0 aromatic carbocycles. The summed E-state index contributed by atoms with van der Waals surface area (Å²) in [4.78, 5) is 13.8. The number of nitrogens with one attached hydrogen (secondary N) is 1. The number of hydrogen-bond acceptors (Lipinski definition) is 3. The summed E-state index contributed by atoms with van der Waals surface area (Å²) in [6, 6.07) is 1.15. The van der Waals surface area contributed by atoms with Crippen LogP contribution in [0.15, 0.2) is 0 Å². The van der Waals surface area contributed by atoms with Crippen molar-refractivity contribution in [1.82, 2.24) is 10.2 Å². The number of hydrogen-bond donors (Lipinski definition) is 2. The third kappa shape index (κ3) is 3.69. The molecule has 0 spiro atoms. The summed E-state index contributed by atoms with van der Waals surface area (Å²) in [5.74, 6) is -0.748. The molecule has 0 aliphatic carbocycles. The molecule has 1 heterocycles. The van der Waals surface area contributed by atoms with E-state index < -0.39 is 11.5 Å². The SMILES string of the molecule is CCNC(C)(CCN1[C@H](C)CCC[C@@H]1C)C(=O)O. The van der Waals surface area contributed by atoms with Crippen LogP contribution in [0, 0.1) is 0 Å². The van der Waals surface area contributed by atoms with Crippen molar-refractivity contribution in [3.63, 3.8) is 0 Å². The largest absolute Gasteiger partial charge is 0.480 e. The van der Waals surface area contributed by atoms with Crippen molar-refractivity contribution in [1.29, 1.82) is 0 Å². The number of likely N-dealkylation sites (N-methyl/N-ethyl adjacent to an activating group) is 1. The normalized spacial score (nSPS) is 28.9. The average molecular weight is 256 g/mol. The van der Waals surface area contributed by atoms with E-state index in [4.69, 9.17) is 0 Å². The molecule has 4 nitrogen and oxygen atoms in total. The molecule has 0 aromatic heterocycles. The van der Waals surface area contributed by atoms with E-state index >= 15 is 0 Å². The number of carboxylic acid groups (broad SMARTS) is 1. The van der Waals surface area contributed by atoms with Crippen molar-refractivity contribution < 1.29 is 9.90 Å². The Bertz CT molecular complexity index is 273. The summed E-state index contributed by atoms with van der Waals surface area (Å²) >= 11 is 0. The van der Waals surface area contributed by atoms with Crippen LogP contribution in [0.25, 0.3) is 0 Å². The van der Waals surface area contributed by atoms with Crippen molar-refractivity contribution in [2.24, 2.45) is 0 Å². The lowest BCUT2D eigenvalue weighted by Gasteiger charge is -2.40. The molecule has 2 N–H and O–H groups in total. The number of carbonyl (C=O) groups is 1. The van der Waals surface area contributed by atoms with Crippen LogP contribution in [-0.4, -0.2) is 46.7 Å². The first-order valence-corrected chi connectivity index (χ1v) is 7.15. The molecule has 1 fully saturated rings. The summed E-state index contributed by atoms with van der Waals surface area (Å²) in [5.41, 5.74) is -0.800. The Hall–Kier alpha value is -0.610. The first-order valence-electron chi connectivity index (χ1n) is 7.15. The van der Waals surface area contributed by atoms with Gasteiger partial charge >= 0.3 is 5.97 Å². The standard InChI is InChI=1S/C14H28N2O2/c1-5-15-14(4,13(17)18)9-10-16-11(2)7-6-8-12(16)3/h11-12,15H,5-10H2,1-4H3,(H,17,18)/t11-,12+,14?. The van der Waals surface area contributed by atoms with Crippen molar-refractivity contribution in [3.05, 3.63) is 0 Å². The predicted octanol–water partition coefficient (Wildman–Crippen LogP) is 2.09. The van der Waals surface area contributed by atoms with E-state index in [1.54, 1.807) is 6.92 Å². The van der Waals surface area contributed by atoms with Gasteiger partial charge in [-0.25, -0.2) is 0 Å². The minimum absolute atomic E-state index is 0.577. The Kier molecular flexibility index (Phi) is 5.60. The first-order chi connectivity index (χ1) is 8.40. The molecule has 0 amide bonds. The maximum atomic E-state index is 11.4. The molecule has 1 rings (SSSR count). The lowest BCUT2D eigenvalue weighted by Crippen LogP contribution is -2.53. The third-order valence-electron chi connectivity index (χ3n) is 4.29. The Morgan fingerprint density at radius 3 is 2.39 bits per heavy atom. The minimum Gasteiger partial charge on any atom is -0.480 e. The van der Waals surface area contributed by atoms with Gasteiger partial charge in [-0.15, -0.1) is 0 Å². The van der Waals surface area contributed by atoms with Gasteiger partial charge in [-0.1, -0.05) is 13.3 Å². The van der Waals surface area contributed by atoms with Gasteiger partial charge in [-0.3, -0.25) is 9.69 Å².